The van der Waals surface area contributed by atoms with Crippen LogP contribution in [0.5, 0.6) is 0 Å². The van der Waals surface area contributed by atoms with Crippen LogP contribution in [0, 0.1) is 5.82 Å². The first-order valence-electron chi connectivity index (χ1n) is 7.28. The Bertz CT molecular complexity index is 823. The lowest BCUT2D eigenvalue weighted by Crippen LogP contribution is -2.90. The summed E-state index contributed by atoms with van der Waals surface area (Å²) in [6.07, 6.45) is 0. The minimum atomic E-state index is -3.71. The molecule has 128 valence electrons. The van der Waals surface area contributed by atoms with E-state index in [4.69, 9.17) is 5.14 Å². The number of nitrogens with two attached hydrogens (primary N) is 2. The summed E-state index contributed by atoms with van der Waals surface area (Å²) in [5, 5.41) is 9.34. The van der Waals surface area contributed by atoms with Crippen molar-refractivity contribution in [2.45, 2.75) is 24.4 Å². The van der Waals surface area contributed by atoms with E-state index in [0.29, 0.717) is 6.54 Å². The molecule has 0 fully saturated rings. The largest absolute Gasteiger partial charge is 0.333 e. The van der Waals surface area contributed by atoms with E-state index in [1.54, 1.807) is 36.5 Å². The van der Waals surface area contributed by atoms with Crippen molar-refractivity contribution in [2.24, 2.45) is 5.14 Å². The number of benzene rings is 2. The van der Waals surface area contributed by atoms with Crippen molar-refractivity contribution in [1.82, 2.24) is 0 Å². The molecule has 6 nitrogen and oxygen atoms in total. The number of carbonyl (C=O) groups is 1. The van der Waals surface area contributed by atoms with Gasteiger partial charge in [0.25, 0.3) is 5.91 Å². The predicted molar refractivity (Wildman–Crippen MR) is 87.9 cm³/mol. The molecule has 0 radical (unpaired) electrons. The minimum Gasteiger partial charge on any atom is -0.333 e. The van der Waals surface area contributed by atoms with Crippen molar-refractivity contribution < 1.29 is 22.9 Å². The van der Waals surface area contributed by atoms with E-state index in [1.165, 1.54) is 24.3 Å². The first-order valence-corrected chi connectivity index (χ1v) is 8.82. The smallest absolute Gasteiger partial charge is 0.282 e. The van der Waals surface area contributed by atoms with Crippen molar-refractivity contribution in [3.63, 3.8) is 0 Å². The topological polar surface area (TPSA) is 106 Å². The summed E-state index contributed by atoms with van der Waals surface area (Å²) in [5.41, 5.74) is 0.980. The van der Waals surface area contributed by atoms with Gasteiger partial charge in [0.15, 0.2) is 6.04 Å². The summed E-state index contributed by atoms with van der Waals surface area (Å²) in [6.45, 7) is 2.17. The van der Waals surface area contributed by atoms with E-state index in [2.05, 4.69) is 5.32 Å². The second kappa shape index (κ2) is 7.52. The summed E-state index contributed by atoms with van der Waals surface area (Å²) in [6, 6.07) is 11.6. The Hall–Kier alpha value is -2.29. The first kappa shape index (κ1) is 18.1. The molecular weight excluding hydrogens is 333 g/mol. The van der Waals surface area contributed by atoms with E-state index in [0.717, 1.165) is 5.56 Å². The summed E-state index contributed by atoms with van der Waals surface area (Å²) in [7, 11) is -3.71. The predicted octanol–water partition coefficient (Wildman–Crippen LogP) is 0.564. The number of halogens is 1. The molecule has 5 N–H and O–H groups in total. The Labute approximate surface area is 139 Å². The molecule has 8 heteroatoms. The molecule has 0 bridgehead atoms. The van der Waals surface area contributed by atoms with Gasteiger partial charge in [-0.25, -0.2) is 17.9 Å². The van der Waals surface area contributed by atoms with Gasteiger partial charge < -0.3 is 10.6 Å². The second-order valence-corrected chi connectivity index (χ2v) is 6.95. The molecule has 2 aromatic rings. The van der Waals surface area contributed by atoms with Crippen LogP contribution >= 0.6 is 0 Å². The number of para-hydroxylation sites is 1. The van der Waals surface area contributed by atoms with Crippen LogP contribution < -0.4 is 15.8 Å². The Morgan fingerprint density at radius 1 is 1.21 bits per heavy atom. The van der Waals surface area contributed by atoms with Crippen LogP contribution in [-0.2, 0) is 21.4 Å². The van der Waals surface area contributed by atoms with Gasteiger partial charge in [-0.15, -0.1) is 0 Å². The first-order chi connectivity index (χ1) is 11.3. The monoisotopic (exact) mass is 352 g/mol. The molecule has 0 unspecified atom stereocenters. The number of hydrogen-bond donors (Lipinski definition) is 3. The zero-order valence-electron chi connectivity index (χ0n) is 13.1. The van der Waals surface area contributed by atoms with Crippen molar-refractivity contribution >= 4 is 21.6 Å². The molecule has 0 saturated heterocycles. The molecule has 1 atom stereocenters. The zero-order valence-corrected chi connectivity index (χ0v) is 13.9. The van der Waals surface area contributed by atoms with E-state index in [9.17, 15) is 17.6 Å². The average Bonchev–Trinajstić information content (AvgIpc) is 2.54. The fraction of sp³-hybridized carbons (Fsp3) is 0.188. The number of nitrogens with one attached hydrogen (secondary N) is 1. The lowest BCUT2D eigenvalue weighted by molar-refractivity contribution is -0.688. The fourth-order valence-corrected chi connectivity index (χ4v) is 2.56. The number of rotatable bonds is 6. The maximum absolute atomic E-state index is 13.5. The number of anilines is 1. The molecule has 24 heavy (non-hydrogen) atoms. The van der Waals surface area contributed by atoms with Crippen LogP contribution in [0.4, 0.5) is 10.1 Å². The summed E-state index contributed by atoms with van der Waals surface area (Å²) in [4.78, 5) is 12.1. The van der Waals surface area contributed by atoms with Crippen molar-refractivity contribution in [1.29, 1.82) is 0 Å². The Morgan fingerprint density at radius 3 is 2.42 bits per heavy atom. The highest BCUT2D eigenvalue weighted by atomic mass is 32.2. The number of sulfonamides is 1. The minimum absolute atomic E-state index is 0.0385. The lowest BCUT2D eigenvalue weighted by atomic mass is 10.2. The van der Waals surface area contributed by atoms with E-state index < -0.39 is 21.9 Å². The maximum atomic E-state index is 13.5. The van der Waals surface area contributed by atoms with Gasteiger partial charge in [0.2, 0.25) is 10.0 Å². The number of carbonyl (C=O) groups excluding carboxylic acids is 1. The highest BCUT2D eigenvalue weighted by molar-refractivity contribution is 7.89. The molecule has 2 rings (SSSR count). The third-order valence-corrected chi connectivity index (χ3v) is 4.43. The van der Waals surface area contributed by atoms with Gasteiger partial charge in [-0.05, 0) is 31.2 Å². The Kier molecular flexibility index (Phi) is 5.66. The number of amides is 1. The van der Waals surface area contributed by atoms with Crippen LogP contribution in [0.15, 0.2) is 53.4 Å². The molecule has 0 heterocycles. The van der Waals surface area contributed by atoms with Crippen LogP contribution in [0.25, 0.3) is 0 Å². The fourth-order valence-electron chi connectivity index (χ4n) is 2.04. The summed E-state index contributed by atoms with van der Waals surface area (Å²) < 4.78 is 35.9. The molecule has 0 aliphatic rings. The van der Waals surface area contributed by atoms with Gasteiger partial charge in [0.1, 0.15) is 12.4 Å². The lowest BCUT2D eigenvalue weighted by Gasteiger charge is -2.12. The SMILES string of the molecule is C[C@@H]([NH2+]Cc1ccc(S(N)(=O)=O)cc1)C(=O)Nc1ccccc1F. The van der Waals surface area contributed by atoms with Crippen molar-refractivity contribution in [3.8, 4) is 0 Å². The van der Waals surface area contributed by atoms with Crippen LogP contribution in [0.2, 0.25) is 0 Å². The van der Waals surface area contributed by atoms with E-state index in [-0.39, 0.29) is 16.5 Å². The third-order valence-electron chi connectivity index (χ3n) is 3.50. The summed E-state index contributed by atoms with van der Waals surface area (Å²) in [5.74, 6) is -0.808. The van der Waals surface area contributed by atoms with Crippen LogP contribution in [-0.4, -0.2) is 20.4 Å². The van der Waals surface area contributed by atoms with Gasteiger partial charge >= 0.3 is 0 Å². The number of primary sulfonamides is 1. The van der Waals surface area contributed by atoms with Crippen molar-refractivity contribution in [2.75, 3.05) is 5.32 Å². The van der Waals surface area contributed by atoms with Gasteiger partial charge in [-0.1, -0.05) is 24.3 Å². The van der Waals surface area contributed by atoms with E-state index >= 15 is 0 Å². The zero-order chi connectivity index (χ0) is 17.7. The Balaban J connectivity index is 1.92. The average molecular weight is 352 g/mol. The summed E-state index contributed by atoms with van der Waals surface area (Å²) >= 11 is 0. The van der Waals surface area contributed by atoms with Crippen LogP contribution in [0.1, 0.15) is 12.5 Å². The van der Waals surface area contributed by atoms with Gasteiger partial charge in [0.05, 0.1) is 10.6 Å². The maximum Gasteiger partial charge on any atom is 0.282 e. The van der Waals surface area contributed by atoms with Gasteiger partial charge in [0, 0.05) is 5.56 Å². The molecule has 0 aliphatic heterocycles. The molecule has 1 amide bonds. The molecule has 0 spiro atoms. The Morgan fingerprint density at radius 2 is 1.83 bits per heavy atom. The van der Waals surface area contributed by atoms with E-state index in [1.807, 2.05) is 0 Å². The quantitative estimate of drug-likeness (QED) is 0.707. The van der Waals surface area contributed by atoms with Gasteiger partial charge in [-0.3, -0.25) is 4.79 Å². The molecule has 0 aromatic heterocycles. The molecule has 2 aromatic carbocycles. The van der Waals surface area contributed by atoms with Crippen molar-refractivity contribution in [3.05, 3.63) is 59.9 Å². The molecule has 0 aliphatic carbocycles. The van der Waals surface area contributed by atoms with Crippen LogP contribution in [0.3, 0.4) is 0 Å². The molecular formula is C16H19FN3O3S+. The molecule has 0 saturated carbocycles. The second-order valence-electron chi connectivity index (χ2n) is 5.39. The normalized spacial score (nSPS) is 12.6. The third kappa shape index (κ3) is 4.85. The van der Waals surface area contributed by atoms with Gasteiger partial charge in [-0.2, -0.15) is 0 Å². The number of quaternary nitrogens is 1. The highest BCUT2D eigenvalue weighted by Crippen LogP contribution is 2.12. The number of hydrogen-bond acceptors (Lipinski definition) is 3. The highest BCUT2D eigenvalue weighted by Gasteiger charge is 2.17. The standard InChI is InChI=1S/C16H18FN3O3S/c1-11(16(21)20-15-5-3-2-4-14(15)17)19-10-12-6-8-13(9-7-12)24(18,22)23/h2-9,11,19H,10H2,1H3,(H,20,21)(H2,18,22,23)/p+1/t11-/m1/s1.